The molecule has 0 aliphatic rings. The first-order valence-electron chi connectivity index (χ1n) is 9.59. The second kappa shape index (κ2) is 8.73. The third kappa shape index (κ3) is 5.00. The molecule has 3 heterocycles. The van der Waals surface area contributed by atoms with Gasteiger partial charge < -0.3 is 15.0 Å². The Morgan fingerprint density at radius 2 is 1.97 bits per heavy atom. The molecule has 1 aromatic carbocycles. The molecule has 0 saturated heterocycles. The number of benzene rings is 1. The van der Waals surface area contributed by atoms with Gasteiger partial charge in [0.25, 0.3) is 5.89 Å². The van der Waals surface area contributed by atoms with E-state index in [1.165, 1.54) is 10.9 Å². The normalized spacial score (nSPS) is 11.5. The lowest BCUT2D eigenvalue weighted by atomic mass is 10.1. The fourth-order valence-corrected chi connectivity index (χ4v) is 3.04. The van der Waals surface area contributed by atoms with E-state index in [9.17, 15) is 18.0 Å². The van der Waals surface area contributed by atoms with Crippen molar-refractivity contribution in [2.45, 2.75) is 19.2 Å². The van der Waals surface area contributed by atoms with E-state index >= 15 is 0 Å². The Kier molecular flexibility index (Phi) is 5.82. The lowest BCUT2D eigenvalue weighted by molar-refractivity contribution is -0.137. The van der Waals surface area contributed by atoms with E-state index in [-0.39, 0.29) is 24.8 Å². The summed E-state index contributed by atoms with van der Waals surface area (Å²) in [7, 11) is 1.65. The van der Waals surface area contributed by atoms with Gasteiger partial charge in [0, 0.05) is 24.9 Å². The van der Waals surface area contributed by atoms with Gasteiger partial charge in [0.05, 0.1) is 29.4 Å². The Morgan fingerprint density at radius 1 is 1.21 bits per heavy atom. The molecule has 0 bridgehead atoms. The van der Waals surface area contributed by atoms with Gasteiger partial charge in [-0.05, 0) is 11.6 Å². The van der Waals surface area contributed by atoms with Crippen LogP contribution in [0.5, 0.6) is 5.88 Å². The predicted octanol–water partition coefficient (Wildman–Crippen LogP) is 3.16. The highest BCUT2D eigenvalue weighted by molar-refractivity contribution is 5.76. The van der Waals surface area contributed by atoms with Gasteiger partial charge >= 0.3 is 6.18 Å². The Bertz CT molecular complexity index is 1280. The number of carbonyl (C=O) groups excluding carboxylic acids is 1. The quantitative estimate of drug-likeness (QED) is 0.451. The van der Waals surface area contributed by atoms with Crippen molar-refractivity contribution in [3.63, 3.8) is 0 Å². The number of primary amides is 1. The van der Waals surface area contributed by atoms with Crippen molar-refractivity contribution in [2.24, 2.45) is 12.8 Å². The van der Waals surface area contributed by atoms with Gasteiger partial charge in [-0.1, -0.05) is 29.4 Å². The zero-order chi connectivity index (χ0) is 23.6. The Hall–Kier alpha value is -4.22. The SMILES string of the molecule is Cn1ncc(-c2nc(-c3ccc(CC(N)=O)cc3)no2)c1COc1cc(C(F)(F)F)ccn1. The molecule has 0 radical (unpaired) electrons. The van der Waals surface area contributed by atoms with Crippen molar-refractivity contribution < 1.29 is 27.2 Å². The highest BCUT2D eigenvalue weighted by Gasteiger charge is 2.31. The molecule has 0 aliphatic heterocycles. The minimum atomic E-state index is -4.50. The molecule has 0 spiro atoms. The van der Waals surface area contributed by atoms with Gasteiger partial charge in [-0.3, -0.25) is 9.48 Å². The first-order chi connectivity index (χ1) is 15.7. The second-order valence-corrected chi connectivity index (χ2v) is 7.06. The molecule has 4 rings (SSSR count). The van der Waals surface area contributed by atoms with Gasteiger partial charge in [0.1, 0.15) is 6.61 Å². The summed E-state index contributed by atoms with van der Waals surface area (Å²) in [5.74, 6) is -0.142. The maximum atomic E-state index is 12.9. The number of hydrogen-bond acceptors (Lipinski definition) is 7. The van der Waals surface area contributed by atoms with Crippen molar-refractivity contribution in [3.05, 3.63) is 65.6 Å². The highest BCUT2D eigenvalue weighted by atomic mass is 19.4. The van der Waals surface area contributed by atoms with Crippen LogP contribution < -0.4 is 10.5 Å². The van der Waals surface area contributed by atoms with E-state index in [0.29, 0.717) is 22.6 Å². The number of ether oxygens (including phenoxy) is 1. The third-order valence-corrected chi connectivity index (χ3v) is 4.73. The number of aryl methyl sites for hydroxylation is 1. The van der Waals surface area contributed by atoms with Crippen LogP contribution in [-0.4, -0.2) is 30.8 Å². The van der Waals surface area contributed by atoms with E-state index < -0.39 is 17.6 Å². The number of nitrogens with two attached hydrogens (primary N) is 1. The van der Waals surface area contributed by atoms with Crippen LogP contribution >= 0.6 is 0 Å². The third-order valence-electron chi connectivity index (χ3n) is 4.73. The maximum absolute atomic E-state index is 12.9. The Labute approximate surface area is 185 Å². The van der Waals surface area contributed by atoms with Gasteiger partial charge in [-0.15, -0.1) is 0 Å². The summed E-state index contributed by atoms with van der Waals surface area (Å²) in [6.07, 6.45) is -1.86. The number of rotatable bonds is 7. The van der Waals surface area contributed by atoms with Crippen molar-refractivity contribution in [1.82, 2.24) is 24.9 Å². The number of halogens is 3. The maximum Gasteiger partial charge on any atom is 0.416 e. The molecule has 4 aromatic rings. The largest absolute Gasteiger partial charge is 0.471 e. The van der Waals surface area contributed by atoms with E-state index in [2.05, 4.69) is 20.2 Å². The number of nitrogens with zero attached hydrogens (tertiary/aromatic N) is 5. The molecule has 0 aliphatic carbocycles. The molecule has 1 amide bonds. The topological polar surface area (TPSA) is 122 Å². The van der Waals surface area contributed by atoms with Crippen LogP contribution in [0.1, 0.15) is 16.8 Å². The minimum Gasteiger partial charge on any atom is -0.471 e. The molecule has 3 aromatic heterocycles. The summed E-state index contributed by atoms with van der Waals surface area (Å²) in [5, 5.41) is 8.12. The van der Waals surface area contributed by atoms with Crippen LogP contribution in [0.4, 0.5) is 13.2 Å². The van der Waals surface area contributed by atoms with Gasteiger partial charge in [-0.2, -0.15) is 23.3 Å². The number of hydrogen-bond donors (Lipinski definition) is 1. The molecule has 0 unspecified atom stereocenters. The number of carbonyl (C=O) groups is 1. The molecule has 2 N–H and O–H groups in total. The predicted molar refractivity (Wildman–Crippen MR) is 108 cm³/mol. The van der Waals surface area contributed by atoms with Crippen molar-refractivity contribution in [1.29, 1.82) is 0 Å². The van der Waals surface area contributed by atoms with E-state index in [4.69, 9.17) is 15.0 Å². The summed E-state index contributed by atoms with van der Waals surface area (Å²) in [6, 6.07) is 8.63. The molecular weight excluding hydrogens is 441 g/mol. The average Bonchev–Trinajstić information content (AvgIpc) is 3.39. The zero-order valence-corrected chi connectivity index (χ0v) is 17.2. The van der Waals surface area contributed by atoms with Crippen LogP contribution in [0.15, 0.2) is 53.3 Å². The molecule has 9 nitrogen and oxygen atoms in total. The smallest absolute Gasteiger partial charge is 0.416 e. The fourth-order valence-electron chi connectivity index (χ4n) is 3.04. The second-order valence-electron chi connectivity index (χ2n) is 7.06. The monoisotopic (exact) mass is 458 g/mol. The highest BCUT2D eigenvalue weighted by Crippen LogP contribution is 2.31. The van der Waals surface area contributed by atoms with Crippen molar-refractivity contribution in [3.8, 4) is 28.7 Å². The van der Waals surface area contributed by atoms with Crippen LogP contribution in [0.25, 0.3) is 22.8 Å². The minimum absolute atomic E-state index is 0.123. The molecule has 170 valence electrons. The lowest BCUT2D eigenvalue weighted by Crippen LogP contribution is -2.13. The van der Waals surface area contributed by atoms with E-state index in [1.807, 2.05) is 0 Å². The Morgan fingerprint density at radius 3 is 2.67 bits per heavy atom. The van der Waals surface area contributed by atoms with Crippen molar-refractivity contribution in [2.75, 3.05) is 0 Å². The molecular formula is C21H17F3N6O3. The van der Waals surface area contributed by atoms with Crippen LogP contribution in [0.2, 0.25) is 0 Å². The summed E-state index contributed by atoms with van der Waals surface area (Å²) in [6.45, 7) is -0.125. The molecule has 0 fully saturated rings. The lowest BCUT2D eigenvalue weighted by Gasteiger charge is -2.10. The average molecular weight is 458 g/mol. The number of amides is 1. The summed E-state index contributed by atoms with van der Waals surface area (Å²) in [4.78, 5) is 19.2. The number of alkyl halides is 3. The van der Waals surface area contributed by atoms with Crippen LogP contribution in [0, 0.1) is 0 Å². The molecule has 0 saturated carbocycles. The van der Waals surface area contributed by atoms with Crippen molar-refractivity contribution >= 4 is 5.91 Å². The van der Waals surface area contributed by atoms with Gasteiger partial charge in [-0.25, -0.2) is 4.98 Å². The first kappa shape index (κ1) is 22.0. The molecule has 12 heteroatoms. The van der Waals surface area contributed by atoms with E-state index in [1.54, 1.807) is 31.3 Å². The zero-order valence-electron chi connectivity index (χ0n) is 17.2. The summed E-state index contributed by atoms with van der Waals surface area (Å²) < 4.78 is 51.0. The van der Waals surface area contributed by atoms with Crippen LogP contribution in [0.3, 0.4) is 0 Å². The number of aromatic nitrogens is 5. The fraction of sp³-hybridized carbons (Fsp3) is 0.190. The standard InChI is InChI=1S/C21H17F3N6O3/c1-30-16(11-32-18-9-14(6-7-26-18)21(22,23)24)15(10-27-30)20-28-19(29-33-20)13-4-2-12(3-5-13)8-17(25)31/h2-7,9-10H,8,11H2,1H3,(H2,25,31). The Balaban J connectivity index is 1.53. The summed E-state index contributed by atoms with van der Waals surface area (Å²) in [5.41, 5.74) is 6.72. The summed E-state index contributed by atoms with van der Waals surface area (Å²) >= 11 is 0. The van der Waals surface area contributed by atoms with Crippen LogP contribution in [-0.2, 0) is 31.0 Å². The van der Waals surface area contributed by atoms with E-state index in [0.717, 1.165) is 23.9 Å². The van der Waals surface area contributed by atoms with Gasteiger partial charge in [0.15, 0.2) is 0 Å². The van der Waals surface area contributed by atoms with Gasteiger partial charge in [0.2, 0.25) is 17.6 Å². The first-order valence-corrected chi connectivity index (χ1v) is 9.59. The number of pyridine rings is 1. The molecule has 0 atom stereocenters. The molecule has 33 heavy (non-hydrogen) atoms.